The summed E-state index contributed by atoms with van der Waals surface area (Å²) in [5, 5.41) is 3.19. The molecule has 27 heavy (non-hydrogen) atoms. The van der Waals surface area contributed by atoms with Gasteiger partial charge in [-0.2, -0.15) is 0 Å². The Balaban J connectivity index is 1.42. The van der Waals surface area contributed by atoms with Gasteiger partial charge in [0.25, 0.3) is 5.91 Å². The highest BCUT2D eigenvalue weighted by molar-refractivity contribution is 6.31. The number of benzene rings is 1. The first-order chi connectivity index (χ1) is 13.0. The van der Waals surface area contributed by atoms with Crippen molar-refractivity contribution in [3.05, 3.63) is 59.0 Å². The quantitative estimate of drug-likeness (QED) is 0.732. The zero-order chi connectivity index (χ0) is 19.2. The molecule has 2 heterocycles. The SMILES string of the molecule is O=C(COC(=O)[C@@H]1CC(=O)N(Cc2ccco2)C1)NCc1ccccc1Cl. The van der Waals surface area contributed by atoms with Crippen molar-refractivity contribution in [3.8, 4) is 0 Å². The molecule has 2 aromatic rings. The topological polar surface area (TPSA) is 88.9 Å². The molecule has 3 rings (SSSR count). The summed E-state index contributed by atoms with van der Waals surface area (Å²) in [4.78, 5) is 37.6. The van der Waals surface area contributed by atoms with Crippen LogP contribution in [0.25, 0.3) is 0 Å². The number of carbonyl (C=O) groups is 3. The van der Waals surface area contributed by atoms with Crippen molar-refractivity contribution in [2.45, 2.75) is 19.5 Å². The average Bonchev–Trinajstić information content (AvgIpc) is 3.29. The summed E-state index contributed by atoms with van der Waals surface area (Å²) in [6.07, 6.45) is 1.60. The minimum Gasteiger partial charge on any atom is -0.467 e. The molecule has 0 saturated carbocycles. The predicted molar refractivity (Wildman–Crippen MR) is 96.5 cm³/mol. The smallest absolute Gasteiger partial charge is 0.311 e. The lowest BCUT2D eigenvalue weighted by molar-refractivity contribution is -0.152. The van der Waals surface area contributed by atoms with E-state index in [0.717, 1.165) is 5.56 Å². The van der Waals surface area contributed by atoms with Gasteiger partial charge in [-0.25, -0.2) is 0 Å². The van der Waals surface area contributed by atoms with Gasteiger partial charge in [-0.15, -0.1) is 0 Å². The van der Waals surface area contributed by atoms with Gasteiger partial charge in [-0.05, 0) is 23.8 Å². The van der Waals surface area contributed by atoms with Gasteiger partial charge in [0.2, 0.25) is 5.91 Å². The third-order valence-electron chi connectivity index (χ3n) is 4.25. The molecule has 142 valence electrons. The zero-order valence-corrected chi connectivity index (χ0v) is 15.3. The molecular weight excluding hydrogens is 372 g/mol. The van der Waals surface area contributed by atoms with Crippen molar-refractivity contribution < 1.29 is 23.5 Å². The summed E-state index contributed by atoms with van der Waals surface area (Å²) in [7, 11) is 0. The van der Waals surface area contributed by atoms with Crippen LogP contribution in [0.4, 0.5) is 0 Å². The van der Waals surface area contributed by atoms with Gasteiger partial charge < -0.3 is 19.4 Å². The third kappa shape index (κ3) is 5.10. The molecule has 0 aliphatic carbocycles. The Morgan fingerprint density at radius 2 is 2.07 bits per heavy atom. The fraction of sp³-hybridized carbons (Fsp3) is 0.316. The number of hydrogen-bond donors (Lipinski definition) is 1. The molecule has 8 heteroatoms. The molecule has 1 atom stereocenters. The largest absolute Gasteiger partial charge is 0.467 e. The maximum absolute atomic E-state index is 12.1. The molecule has 1 saturated heterocycles. The van der Waals surface area contributed by atoms with Crippen LogP contribution in [0.5, 0.6) is 0 Å². The average molecular weight is 391 g/mol. The predicted octanol–water partition coefficient (Wildman–Crippen LogP) is 2.14. The molecule has 1 aromatic carbocycles. The Morgan fingerprint density at radius 3 is 2.81 bits per heavy atom. The summed E-state index contributed by atoms with van der Waals surface area (Å²) in [6.45, 7) is 0.411. The maximum atomic E-state index is 12.1. The number of ether oxygens (including phenoxy) is 1. The van der Waals surface area contributed by atoms with Crippen LogP contribution in [0, 0.1) is 5.92 Å². The van der Waals surface area contributed by atoms with E-state index in [1.54, 1.807) is 35.2 Å². The summed E-state index contributed by atoms with van der Waals surface area (Å²) >= 11 is 6.02. The molecule has 1 fully saturated rings. The summed E-state index contributed by atoms with van der Waals surface area (Å²) in [5.41, 5.74) is 0.772. The van der Waals surface area contributed by atoms with Crippen LogP contribution in [0.3, 0.4) is 0 Å². The third-order valence-corrected chi connectivity index (χ3v) is 4.62. The molecule has 0 bridgehead atoms. The first-order valence-electron chi connectivity index (χ1n) is 8.50. The number of amides is 2. The van der Waals surface area contributed by atoms with Crippen molar-refractivity contribution >= 4 is 29.4 Å². The molecule has 1 aliphatic rings. The van der Waals surface area contributed by atoms with Crippen LogP contribution < -0.4 is 5.32 Å². The highest BCUT2D eigenvalue weighted by atomic mass is 35.5. The molecule has 0 unspecified atom stereocenters. The van der Waals surface area contributed by atoms with E-state index in [4.69, 9.17) is 20.8 Å². The molecule has 0 spiro atoms. The zero-order valence-electron chi connectivity index (χ0n) is 14.5. The fourth-order valence-corrected chi connectivity index (χ4v) is 3.02. The standard InChI is InChI=1S/C19H19ClN2O5/c20-16-6-2-1-4-13(16)9-21-17(23)12-27-19(25)14-8-18(24)22(10-14)11-15-5-3-7-26-15/h1-7,14H,8-12H2,(H,21,23)/t14-/m1/s1. The van der Waals surface area contributed by atoms with Crippen molar-refractivity contribution in [2.24, 2.45) is 5.92 Å². The number of hydrogen-bond acceptors (Lipinski definition) is 5. The first kappa shape index (κ1) is 19.0. The molecule has 0 radical (unpaired) electrons. The minimum atomic E-state index is -0.580. The molecule has 1 aromatic heterocycles. The minimum absolute atomic E-state index is 0.0702. The number of halogens is 1. The van der Waals surface area contributed by atoms with E-state index in [0.29, 0.717) is 17.3 Å². The second-order valence-electron chi connectivity index (χ2n) is 6.23. The maximum Gasteiger partial charge on any atom is 0.311 e. The van der Waals surface area contributed by atoms with E-state index in [1.165, 1.54) is 6.26 Å². The van der Waals surface area contributed by atoms with Crippen LogP contribution in [0.15, 0.2) is 47.1 Å². The first-order valence-corrected chi connectivity index (χ1v) is 8.87. The molecule has 2 amide bonds. The Morgan fingerprint density at radius 1 is 1.26 bits per heavy atom. The highest BCUT2D eigenvalue weighted by Gasteiger charge is 2.35. The van der Waals surface area contributed by atoms with E-state index in [-0.39, 0.29) is 25.4 Å². The molecular formula is C19H19ClN2O5. The Labute approximate surface area is 161 Å². The number of nitrogens with zero attached hydrogens (tertiary/aromatic N) is 1. The van der Waals surface area contributed by atoms with Crippen LogP contribution in [0.1, 0.15) is 17.7 Å². The second-order valence-corrected chi connectivity index (χ2v) is 6.64. The lowest BCUT2D eigenvalue weighted by atomic mass is 10.1. The highest BCUT2D eigenvalue weighted by Crippen LogP contribution is 2.21. The van der Waals surface area contributed by atoms with Gasteiger partial charge in [0, 0.05) is 24.5 Å². The second kappa shape index (κ2) is 8.73. The van der Waals surface area contributed by atoms with E-state index in [9.17, 15) is 14.4 Å². The Bertz CT molecular complexity index is 821. The molecule has 7 nitrogen and oxygen atoms in total. The van der Waals surface area contributed by atoms with Crippen molar-refractivity contribution in [1.29, 1.82) is 0 Å². The monoisotopic (exact) mass is 390 g/mol. The van der Waals surface area contributed by atoms with Crippen molar-refractivity contribution in [3.63, 3.8) is 0 Å². The lowest BCUT2D eigenvalue weighted by Crippen LogP contribution is -2.31. The normalized spacial score (nSPS) is 16.4. The number of furan rings is 1. The summed E-state index contributed by atoms with van der Waals surface area (Å²) in [5.74, 6) is -1.06. The Kier molecular flexibility index (Phi) is 6.13. The van der Waals surface area contributed by atoms with Crippen LogP contribution in [-0.4, -0.2) is 35.8 Å². The van der Waals surface area contributed by atoms with E-state index in [2.05, 4.69) is 5.32 Å². The lowest BCUT2D eigenvalue weighted by Gasteiger charge is -2.14. The fourth-order valence-electron chi connectivity index (χ4n) is 2.81. The number of nitrogens with one attached hydrogen (secondary N) is 1. The van der Waals surface area contributed by atoms with Crippen LogP contribution >= 0.6 is 11.6 Å². The molecule has 1 N–H and O–H groups in total. The van der Waals surface area contributed by atoms with Gasteiger partial charge in [0.05, 0.1) is 18.7 Å². The van der Waals surface area contributed by atoms with Gasteiger partial charge in [0.15, 0.2) is 6.61 Å². The van der Waals surface area contributed by atoms with Gasteiger partial charge >= 0.3 is 5.97 Å². The Hall–Kier alpha value is -2.80. The van der Waals surface area contributed by atoms with Crippen LogP contribution in [-0.2, 0) is 32.2 Å². The van der Waals surface area contributed by atoms with Gasteiger partial charge in [-0.3, -0.25) is 14.4 Å². The number of carbonyl (C=O) groups excluding carboxylic acids is 3. The van der Waals surface area contributed by atoms with Crippen LogP contribution in [0.2, 0.25) is 5.02 Å². The number of rotatable bonds is 7. The van der Waals surface area contributed by atoms with Gasteiger partial charge in [0.1, 0.15) is 5.76 Å². The van der Waals surface area contributed by atoms with E-state index >= 15 is 0 Å². The number of esters is 1. The van der Waals surface area contributed by atoms with Crippen molar-refractivity contribution in [2.75, 3.05) is 13.2 Å². The molecule has 1 aliphatic heterocycles. The van der Waals surface area contributed by atoms with Crippen molar-refractivity contribution in [1.82, 2.24) is 10.2 Å². The van der Waals surface area contributed by atoms with Gasteiger partial charge in [-0.1, -0.05) is 29.8 Å². The van der Waals surface area contributed by atoms with E-state index < -0.39 is 24.4 Å². The summed E-state index contributed by atoms with van der Waals surface area (Å²) < 4.78 is 10.3. The number of likely N-dealkylation sites (tertiary alicyclic amines) is 1. The summed E-state index contributed by atoms with van der Waals surface area (Å²) in [6, 6.07) is 10.7. The van der Waals surface area contributed by atoms with E-state index in [1.807, 2.05) is 6.07 Å².